The Bertz CT molecular complexity index is 435. The standard InChI is InChI=1S/C15H20ClNO3/c16-13-4-6-14(7-5-13)20-10-15(19)17-8-11-2-1-3-12(11)9-18/h4-7,11-12,18H,1-3,8-10H2,(H,17,19). The van der Waals surface area contributed by atoms with Crippen LogP contribution in [0.1, 0.15) is 19.3 Å². The lowest BCUT2D eigenvalue weighted by Crippen LogP contribution is -2.34. The molecule has 0 aromatic heterocycles. The van der Waals surface area contributed by atoms with Crippen LogP contribution in [0.3, 0.4) is 0 Å². The SMILES string of the molecule is O=C(COc1ccc(Cl)cc1)NCC1CCCC1CO. The van der Waals surface area contributed by atoms with E-state index in [0.29, 0.717) is 29.2 Å². The molecule has 0 radical (unpaired) electrons. The third kappa shape index (κ3) is 4.39. The molecule has 0 bridgehead atoms. The van der Waals surface area contributed by atoms with Crippen molar-refractivity contribution in [3.05, 3.63) is 29.3 Å². The molecule has 2 N–H and O–H groups in total. The third-order valence-electron chi connectivity index (χ3n) is 3.80. The van der Waals surface area contributed by atoms with Gasteiger partial charge in [0.15, 0.2) is 6.61 Å². The minimum atomic E-state index is -0.136. The molecular weight excluding hydrogens is 278 g/mol. The van der Waals surface area contributed by atoms with Crippen LogP contribution in [0.25, 0.3) is 0 Å². The number of rotatable bonds is 6. The van der Waals surface area contributed by atoms with Gasteiger partial charge >= 0.3 is 0 Å². The smallest absolute Gasteiger partial charge is 0.257 e. The molecule has 1 aliphatic rings. The van der Waals surface area contributed by atoms with Gasteiger partial charge in [-0.25, -0.2) is 0 Å². The van der Waals surface area contributed by atoms with Crippen LogP contribution < -0.4 is 10.1 Å². The van der Waals surface area contributed by atoms with Crippen molar-refractivity contribution in [2.24, 2.45) is 11.8 Å². The van der Waals surface area contributed by atoms with Gasteiger partial charge in [0.25, 0.3) is 5.91 Å². The largest absolute Gasteiger partial charge is 0.484 e. The fourth-order valence-electron chi connectivity index (χ4n) is 2.60. The summed E-state index contributed by atoms with van der Waals surface area (Å²) < 4.78 is 5.37. The maximum Gasteiger partial charge on any atom is 0.257 e. The second-order valence-electron chi connectivity index (χ2n) is 5.18. The number of halogens is 1. The van der Waals surface area contributed by atoms with Crippen molar-refractivity contribution in [2.75, 3.05) is 19.8 Å². The lowest BCUT2D eigenvalue weighted by atomic mass is 9.97. The van der Waals surface area contributed by atoms with E-state index < -0.39 is 0 Å². The van der Waals surface area contributed by atoms with Crippen molar-refractivity contribution in [1.82, 2.24) is 5.32 Å². The minimum absolute atomic E-state index is 0.00184. The molecule has 2 rings (SSSR count). The molecule has 0 aliphatic heterocycles. The van der Waals surface area contributed by atoms with Crippen LogP contribution in [0.15, 0.2) is 24.3 Å². The molecule has 1 aromatic rings. The highest BCUT2D eigenvalue weighted by atomic mass is 35.5. The van der Waals surface area contributed by atoms with E-state index in [1.165, 1.54) is 0 Å². The normalized spacial score (nSPS) is 21.7. The Kier molecular flexibility index (Phi) is 5.68. The van der Waals surface area contributed by atoms with E-state index in [1.807, 2.05) is 0 Å². The molecule has 5 heteroatoms. The number of amides is 1. The van der Waals surface area contributed by atoms with Crippen LogP contribution >= 0.6 is 11.6 Å². The van der Waals surface area contributed by atoms with Crippen LogP contribution in [0.4, 0.5) is 0 Å². The summed E-state index contributed by atoms with van der Waals surface area (Å²) in [5, 5.41) is 12.7. The van der Waals surface area contributed by atoms with E-state index in [0.717, 1.165) is 19.3 Å². The first-order valence-electron chi connectivity index (χ1n) is 6.95. The predicted octanol–water partition coefficient (Wildman–Crippen LogP) is 2.24. The van der Waals surface area contributed by atoms with Gasteiger partial charge in [0.2, 0.25) is 0 Å². The maximum atomic E-state index is 11.7. The van der Waals surface area contributed by atoms with Gasteiger partial charge < -0.3 is 15.2 Å². The highest BCUT2D eigenvalue weighted by Gasteiger charge is 2.26. The van der Waals surface area contributed by atoms with Crippen LogP contribution in [0.2, 0.25) is 5.02 Å². The fraction of sp³-hybridized carbons (Fsp3) is 0.533. The van der Waals surface area contributed by atoms with Crippen molar-refractivity contribution in [3.63, 3.8) is 0 Å². The van der Waals surface area contributed by atoms with E-state index in [-0.39, 0.29) is 19.1 Å². The summed E-state index contributed by atoms with van der Waals surface area (Å²) in [5.74, 6) is 1.20. The average molecular weight is 298 g/mol. The third-order valence-corrected chi connectivity index (χ3v) is 4.05. The number of hydrogen-bond acceptors (Lipinski definition) is 3. The van der Waals surface area contributed by atoms with Crippen molar-refractivity contribution < 1.29 is 14.6 Å². The molecule has 0 spiro atoms. The Morgan fingerprint density at radius 1 is 1.30 bits per heavy atom. The number of carbonyl (C=O) groups is 1. The van der Waals surface area contributed by atoms with E-state index in [9.17, 15) is 9.90 Å². The summed E-state index contributed by atoms with van der Waals surface area (Å²) in [4.78, 5) is 11.7. The lowest BCUT2D eigenvalue weighted by molar-refractivity contribution is -0.123. The Morgan fingerprint density at radius 3 is 2.70 bits per heavy atom. The van der Waals surface area contributed by atoms with E-state index in [2.05, 4.69) is 5.32 Å². The molecule has 0 heterocycles. The zero-order valence-corrected chi connectivity index (χ0v) is 12.1. The Morgan fingerprint density at radius 2 is 2.00 bits per heavy atom. The number of aliphatic hydroxyl groups excluding tert-OH is 1. The maximum absolute atomic E-state index is 11.7. The first kappa shape index (κ1) is 15.1. The van der Waals surface area contributed by atoms with Gasteiger partial charge in [-0.3, -0.25) is 4.79 Å². The minimum Gasteiger partial charge on any atom is -0.484 e. The highest BCUT2D eigenvalue weighted by molar-refractivity contribution is 6.30. The van der Waals surface area contributed by atoms with E-state index in [4.69, 9.17) is 16.3 Å². The number of hydrogen-bond donors (Lipinski definition) is 2. The Hall–Kier alpha value is -1.26. The second kappa shape index (κ2) is 7.50. The van der Waals surface area contributed by atoms with Gasteiger partial charge in [-0.15, -0.1) is 0 Å². The molecule has 2 atom stereocenters. The molecule has 1 amide bonds. The van der Waals surface area contributed by atoms with Gasteiger partial charge in [-0.2, -0.15) is 0 Å². The molecule has 0 saturated heterocycles. The second-order valence-corrected chi connectivity index (χ2v) is 5.62. The Labute approximate surface area is 124 Å². The van der Waals surface area contributed by atoms with E-state index in [1.54, 1.807) is 24.3 Å². The predicted molar refractivity (Wildman–Crippen MR) is 77.9 cm³/mol. The summed E-state index contributed by atoms with van der Waals surface area (Å²) in [6, 6.07) is 6.90. The first-order valence-corrected chi connectivity index (χ1v) is 7.32. The van der Waals surface area contributed by atoms with Gasteiger partial charge in [0.05, 0.1) is 0 Å². The highest BCUT2D eigenvalue weighted by Crippen LogP contribution is 2.30. The molecule has 1 fully saturated rings. The molecule has 1 aromatic carbocycles. The molecular formula is C15H20ClNO3. The number of nitrogens with one attached hydrogen (secondary N) is 1. The number of carbonyl (C=O) groups excluding carboxylic acids is 1. The molecule has 20 heavy (non-hydrogen) atoms. The summed E-state index contributed by atoms with van der Waals surface area (Å²) in [6.07, 6.45) is 3.26. The van der Waals surface area contributed by atoms with Crippen molar-refractivity contribution in [2.45, 2.75) is 19.3 Å². The number of benzene rings is 1. The number of ether oxygens (including phenoxy) is 1. The lowest BCUT2D eigenvalue weighted by Gasteiger charge is -2.17. The molecule has 110 valence electrons. The summed E-state index contributed by atoms with van der Waals surface area (Å²) >= 11 is 5.77. The zero-order valence-electron chi connectivity index (χ0n) is 11.3. The summed E-state index contributed by atoms with van der Waals surface area (Å²) in [7, 11) is 0. The molecule has 4 nitrogen and oxygen atoms in total. The van der Waals surface area contributed by atoms with Crippen LogP contribution in [-0.2, 0) is 4.79 Å². The molecule has 1 saturated carbocycles. The van der Waals surface area contributed by atoms with Crippen molar-refractivity contribution in [3.8, 4) is 5.75 Å². The van der Waals surface area contributed by atoms with E-state index >= 15 is 0 Å². The Balaban J connectivity index is 1.69. The van der Waals surface area contributed by atoms with Gasteiger partial charge in [-0.1, -0.05) is 18.0 Å². The van der Waals surface area contributed by atoms with Gasteiger partial charge in [0.1, 0.15) is 5.75 Å². The molecule has 2 unspecified atom stereocenters. The topological polar surface area (TPSA) is 58.6 Å². The monoisotopic (exact) mass is 297 g/mol. The quantitative estimate of drug-likeness (QED) is 0.846. The zero-order chi connectivity index (χ0) is 14.4. The van der Waals surface area contributed by atoms with Crippen molar-refractivity contribution in [1.29, 1.82) is 0 Å². The van der Waals surface area contributed by atoms with Crippen LogP contribution in [0, 0.1) is 11.8 Å². The van der Waals surface area contributed by atoms with Crippen LogP contribution in [-0.4, -0.2) is 30.8 Å². The molecule has 1 aliphatic carbocycles. The first-order chi connectivity index (χ1) is 9.69. The average Bonchev–Trinajstić information content (AvgIpc) is 2.92. The number of aliphatic hydroxyl groups is 1. The van der Waals surface area contributed by atoms with Gasteiger partial charge in [-0.05, 0) is 48.9 Å². The van der Waals surface area contributed by atoms with Crippen LogP contribution in [0.5, 0.6) is 5.75 Å². The summed E-state index contributed by atoms with van der Waals surface area (Å²) in [5.41, 5.74) is 0. The summed E-state index contributed by atoms with van der Waals surface area (Å²) in [6.45, 7) is 0.827. The van der Waals surface area contributed by atoms with Gasteiger partial charge in [0, 0.05) is 18.2 Å². The fourth-order valence-corrected chi connectivity index (χ4v) is 2.72. The van der Waals surface area contributed by atoms with Crippen molar-refractivity contribution >= 4 is 17.5 Å².